The third kappa shape index (κ3) is 3.14. The monoisotopic (exact) mass is 322 g/mol. The van der Waals surface area contributed by atoms with E-state index in [1.807, 2.05) is 0 Å². The van der Waals surface area contributed by atoms with E-state index in [9.17, 15) is 17.2 Å². The summed E-state index contributed by atoms with van der Waals surface area (Å²) in [5.41, 5.74) is 0.0599. The molecule has 1 aromatic carbocycles. The maximum absolute atomic E-state index is 12.2. The van der Waals surface area contributed by atoms with Crippen LogP contribution < -0.4 is 9.88 Å². The second kappa shape index (κ2) is 5.47. The Bertz CT molecular complexity index is 753. The highest BCUT2D eigenvalue weighted by atomic mass is 35.5. The maximum atomic E-state index is 12.2. The number of aromatic nitrogens is 1. The molecule has 2 N–H and O–H groups in total. The number of nitrogens with zero attached hydrogens (tertiary/aromatic N) is 1. The van der Waals surface area contributed by atoms with Crippen LogP contribution in [-0.4, -0.2) is 26.4 Å². The number of sulfonamides is 1. The lowest BCUT2D eigenvalue weighted by molar-refractivity contribution is 0.0825. The number of ether oxygens (including phenoxy) is 1. The van der Waals surface area contributed by atoms with Crippen molar-refractivity contribution in [2.45, 2.75) is 11.3 Å². The zero-order valence-corrected chi connectivity index (χ0v) is 11.5. The van der Waals surface area contributed by atoms with Crippen LogP contribution in [0, 0.1) is 0 Å². The van der Waals surface area contributed by atoms with Crippen molar-refractivity contribution < 1.29 is 21.9 Å². The molecular formula is C11H9ClF2N2O3S. The highest BCUT2D eigenvalue weighted by molar-refractivity contribution is 7.89. The Morgan fingerprint density at radius 3 is 2.60 bits per heavy atom. The Morgan fingerprint density at radius 1 is 1.30 bits per heavy atom. The molecule has 0 aliphatic rings. The first-order chi connectivity index (χ1) is 9.29. The molecule has 2 aromatic rings. The summed E-state index contributed by atoms with van der Waals surface area (Å²) >= 11 is 5.72. The molecule has 0 aliphatic heterocycles. The van der Waals surface area contributed by atoms with Gasteiger partial charge in [-0.05, 0) is 24.3 Å². The number of hydrogen-bond donors (Lipinski definition) is 1. The Labute approximate surface area is 118 Å². The van der Waals surface area contributed by atoms with Crippen molar-refractivity contribution in [1.29, 1.82) is 0 Å². The molecule has 0 amide bonds. The Hall–Kier alpha value is -1.51. The summed E-state index contributed by atoms with van der Waals surface area (Å²) in [6, 6.07) is 5.15. The van der Waals surface area contributed by atoms with Gasteiger partial charge in [-0.1, -0.05) is 11.6 Å². The van der Waals surface area contributed by atoms with Gasteiger partial charge in [0.2, 0.25) is 10.0 Å². The van der Waals surface area contributed by atoms with Crippen molar-refractivity contribution >= 4 is 32.5 Å². The quantitative estimate of drug-likeness (QED) is 0.875. The van der Waals surface area contributed by atoms with Crippen molar-refractivity contribution in [3.05, 3.63) is 29.4 Å². The minimum absolute atomic E-state index is 0.00944. The van der Waals surface area contributed by atoms with Gasteiger partial charge in [0.05, 0.1) is 4.90 Å². The first kappa shape index (κ1) is 14.9. The number of rotatable bonds is 4. The molecule has 0 aliphatic carbocycles. The Morgan fingerprint density at radius 2 is 2.00 bits per heavy atom. The molecular weight excluding hydrogens is 314 g/mol. The molecule has 20 heavy (non-hydrogen) atoms. The average molecular weight is 323 g/mol. The molecule has 1 heterocycles. The highest BCUT2D eigenvalue weighted by Gasteiger charge is 2.17. The third-order valence-electron chi connectivity index (χ3n) is 2.42. The fraction of sp³-hybridized carbons (Fsp3) is 0.182. The van der Waals surface area contributed by atoms with Gasteiger partial charge in [-0.3, -0.25) is 0 Å². The van der Waals surface area contributed by atoms with E-state index in [2.05, 4.69) is 4.98 Å². The van der Waals surface area contributed by atoms with Gasteiger partial charge in [-0.25, -0.2) is 27.3 Å². The van der Waals surface area contributed by atoms with Crippen LogP contribution in [0.4, 0.5) is 8.78 Å². The van der Waals surface area contributed by atoms with Gasteiger partial charge < -0.3 is 4.74 Å². The molecule has 108 valence electrons. The van der Waals surface area contributed by atoms with Crippen LogP contribution in [0.1, 0.15) is 0 Å². The van der Waals surface area contributed by atoms with Crippen molar-refractivity contribution in [3.63, 3.8) is 0 Å². The van der Waals surface area contributed by atoms with Gasteiger partial charge >= 0.3 is 0 Å². The van der Waals surface area contributed by atoms with Crippen LogP contribution in [-0.2, 0) is 10.0 Å². The van der Waals surface area contributed by atoms with Gasteiger partial charge in [0, 0.05) is 5.39 Å². The lowest BCUT2D eigenvalue weighted by Crippen LogP contribution is -2.13. The number of benzene rings is 1. The largest absolute Gasteiger partial charge is 0.485 e. The topological polar surface area (TPSA) is 82.3 Å². The lowest BCUT2D eigenvalue weighted by Gasteiger charge is -2.11. The van der Waals surface area contributed by atoms with Crippen molar-refractivity contribution in [1.82, 2.24) is 4.98 Å². The molecule has 0 saturated heterocycles. The molecule has 0 atom stereocenters. The molecule has 2 rings (SSSR count). The van der Waals surface area contributed by atoms with Crippen LogP contribution >= 0.6 is 11.6 Å². The third-order valence-corrected chi connectivity index (χ3v) is 3.60. The fourth-order valence-corrected chi connectivity index (χ4v) is 2.54. The SMILES string of the molecule is NS(=O)(=O)c1ccc(OCC(F)F)c2nc(Cl)ccc12. The van der Waals surface area contributed by atoms with E-state index >= 15 is 0 Å². The summed E-state index contributed by atoms with van der Waals surface area (Å²) in [4.78, 5) is 3.72. The number of fused-ring (bicyclic) bond motifs is 1. The van der Waals surface area contributed by atoms with Crippen molar-refractivity contribution in [3.8, 4) is 5.75 Å². The number of primary sulfonamides is 1. The number of halogens is 3. The van der Waals surface area contributed by atoms with Crippen LogP contribution in [0.3, 0.4) is 0 Å². The highest BCUT2D eigenvalue weighted by Crippen LogP contribution is 2.30. The minimum atomic E-state index is -3.98. The van der Waals surface area contributed by atoms with Crippen LogP contribution in [0.25, 0.3) is 10.9 Å². The maximum Gasteiger partial charge on any atom is 0.272 e. The minimum Gasteiger partial charge on any atom is -0.485 e. The molecule has 0 saturated carbocycles. The van der Waals surface area contributed by atoms with Crippen LogP contribution in [0.2, 0.25) is 5.15 Å². The van der Waals surface area contributed by atoms with Crippen LogP contribution in [0.5, 0.6) is 5.75 Å². The fourth-order valence-electron chi connectivity index (χ4n) is 1.66. The lowest BCUT2D eigenvalue weighted by atomic mass is 10.2. The number of hydrogen-bond acceptors (Lipinski definition) is 4. The van der Waals surface area contributed by atoms with E-state index in [1.54, 1.807) is 0 Å². The van der Waals surface area contributed by atoms with E-state index in [4.69, 9.17) is 21.5 Å². The Balaban J connectivity index is 2.65. The second-order valence-electron chi connectivity index (χ2n) is 3.84. The van der Waals surface area contributed by atoms with E-state index in [-0.39, 0.29) is 26.7 Å². The molecule has 0 fully saturated rings. The summed E-state index contributed by atoms with van der Waals surface area (Å²) in [6.45, 7) is -0.835. The molecule has 0 spiro atoms. The summed E-state index contributed by atoms with van der Waals surface area (Å²) in [5, 5.41) is 5.31. The second-order valence-corrected chi connectivity index (χ2v) is 5.76. The van der Waals surface area contributed by atoms with E-state index < -0.39 is 23.1 Å². The zero-order chi connectivity index (χ0) is 14.9. The smallest absolute Gasteiger partial charge is 0.272 e. The standard InChI is InChI=1S/C11H9ClF2N2O3S/c12-9-4-1-6-8(20(15,17)18)3-2-7(11(6)16-9)19-5-10(13)14/h1-4,10H,5H2,(H2,15,17,18). The predicted octanol–water partition coefficient (Wildman–Crippen LogP) is 2.18. The van der Waals surface area contributed by atoms with E-state index in [0.29, 0.717) is 0 Å². The first-order valence-electron chi connectivity index (χ1n) is 5.32. The van der Waals surface area contributed by atoms with Gasteiger partial charge in [0.1, 0.15) is 23.0 Å². The number of alkyl halides is 2. The molecule has 0 bridgehead atoms. The Kier molecular flexibility index (Phi) is 4.07. The molecule has 0 radical (unpaired) electrons. The summed E-state index contributed by atoms with van der Waals surface area (Å²) in [7, 11) is -3.98. The normalized spacial score (nSPS) is 12.1. The number of nitrogens with two attached hydrogens (primary N) is 1. The zero-order valence-electron chi connectivity index (χ0n) is 9.89. The van der Waals surface area contributed by atoms with Gasteiger partial charge in [0.15, 0.2) is 0 Å². The van der Waals surface area contributed by atoms with Crippen LogP contribution in [0.15, 0.2) is 29.2 Å². The van der Waals surface area contributed by atoms with E-state index in [0.717, 1.165) is 0 Å². The van der Waals surface area contributed by atoms with Gasteiger partial charge in [-0.15, -0.1) is 0 Å². The summed E-state index contributed by atoms with van der Waals surface area (Å²) in [5.74, 6) is 0.00944. The summed E-state index contributed by atoms with van der Waals surface area (Å²) in [6.07, 6.45) is -2.66. The molecule has 0 unspecified atom stereocenters. The van der Waals surface area contributed by atoms with E-state index in [1.165, 1.54) is 24.3 Å². The molecule has 1 aromatic heterocycles. The first-order valence-corrected chi connectivity index (χ1v) is 7.24. The average Bonchev–Trinajstić information content (AvgIpc) is 2.34. The molecule has 5 nitrogen and oxygen atoms in total. The summed E-state index contributed by atoms with van der Waals surface area (Å²) < 4.78 is 52.2. The molecule has 9 heteroatoms. The van der Waals surface area contributed by atoms with Gasteiger partial charge in [-0.2, -0.15) is 0 Å². The van der Waals surface area contributed by atoms with Gasteiger partial charge in [0.25, 0.3) is 6.43 Å². The van der Waals surface area contributed by atoms with Crippen molar-refractivity contribution in [2.24, 2.45) is 5.14 Å². The van der Waals surface area contributed by atoms with Crippen molar-refractivity contribution in [2.75, 3.05) is 6.61 Å². The predicted molar refractivity (Wildman–Crippen MR) is 69.6 cm³/mol. The number of pyridine rings is 1.